The molecule has 2 rings (SSSR count). The maximum absolute atomic E-state index is 4.74. The summed E-state index contributed by atoms with van der Waals surface area (Å²) in [6, 6.07) is 8.77. The molecule has 0 saturated carbocycles. The zero-order chi connectivity index (χ0) is 13.9. The lowest BCUT2D eigenvalue weighted by molar-refractivity contribution is 0.571. The summed E-state index contributed by atoms with van der Waals surface area (Å²) < 4.78 is 0. The lowest BCUT2D eigenvalue weighted by Gasteiger charge is -2.14. The molecule has 0 bridgehead atoms. The Morgan fingerprint density at radius 1 is 1.11 bits per heavy atom. The van der Waals surface area contributed by atoms with E-state index in [1.165, 1.54) is 21.8 Å². The summed E-state index contributed by atoms with van der Waals surface area (Å²) in [6.45, 7) is 7.54. The van der Waals surface area contributed by atoms with Gasteiger partial charge in [-0.25, -0.2) is 4.98 Å². The van der Waals surface area contributed by atoms with Crippen molar-refractivity contribution < 1.29 is 0 Å². The second kappa shape index (κ2) is 5.85. The van der Waals surface area contributed by atoms with Crippen LogP contribution in [0.15, 0.2) is 29.6 Å². The van der Waals surface area contributed by atoms with E-state index in [0.29, 0.717) is 0 Å². The first-order valence-electron chi connectivity index (χ1n) is 6.66. The third kappa shape index (κ3) is 3.88. The fourth-order valence-corrected chi connectivity index (χ4v) is 2.95. The summed E-state index contributed by atoms with van der Waals surface area (Å²) in [7, 11) is 1.97. The van der Waals surface area contributed by atoms with Crippen LogP contribution < -0.4 is 5.32 Å². The van der Waals surface area contributed by atoms with Crippen LogP contribution in [0.3, 0.4) is 0 Å². The van der Waals surface area contributed by atoms with Crippen molar-refractivity contribution in [3.05, 3.63) is 51.5 Å². The number of benzene rings is 1. The molecular weight excluding hydrogens is 252 g/mol. The highest BCUT2D eigenvalue weighted by Crippen LogP contribution is 2.25. The van der Waals surface area contributed by atoms with E-state index in [-0.39, 0.29) is 5.41 Å². The highest BCUT2D eigenvalue weighted by Gasteiger charge is 2.17. The van der Waals surface area contributed by atoms with E-state index >= 15 is 0 Å². The van der Waals surface area contributed by atoms with Gasteiger partial charge in [0.15, 0.2) is 0 Å². The molecular formula is C16H22N2S. The van der Waals surface area contributed by atoms with Crippen molar-refractivity contribution in [2.24, 2.45) is 0 Å². The second-order valence-corrected chi connectivity index (χ2v) is 6.84. The minimum Gasteiger partial charge on any atom is -0.316 e. The van der Waals surface area contributed by atoms with Gasteiger partial charge < -0.3 is 5.32 Å². The number of thiazole rings is 1. The molecule has 102 valence electrons. The van der Waals surface area contributed by atoms with Crippen molar-refractivity contribution in [1.82, 2.24) is 10.3 Å². The normalized spacial score (nSPS) is 11.8. The molecule has 3 heteroatoms. The number of rotatable bonds is 4. The lowest BCUT2D eigenvalue weighted by atomic mass is 9.93. The van der Waals surface area contributed by atoms with E-state index < -0.39 is 0 Å². The molecule has 0 atom stereocenters. The Morgan fingerprint density at radius 2 is 1.74 bits per heavy atom. The summed E-state index contributed by atoms with van der Waals surface area (Å²) in [5.41, 5.74) is 3.99. The van der Waals surface area contributed by atoms with Crippen LogP contribution in [0.5, 0.6) is 0 Å². The van der Waals surface area contributed by atoms with E-state index in [9.17, 15) is 0 Å². The van der Waals surface area contributed by atoms with Crippen molar-refractivity contribution in [3.8, 4) is 0 Å². The third-order valence-corrected chi connectivity index (χ3v) is 3.93. The molecule has 0 aliphatic rings. The van der Waals surface area contributed by atoms with Crippen LogP contribution >= 0.6 is 11.3 Å². The van der Waals surface area contributed by atoms with Crippen molar-refractivity contribution in [2.45, 2.75) is 39.2 Å². The topological polar surface area (TPSA) is 24.9 Å². The van der Waals surface area contributed by atoms with E-state index in [1.54, 1.807) is 11.3 Å². The van der Waals surface area contributed by atoms with E-state index in [4.69, 9.17) is 4.98 Å². The molecule has 0 aliphatic carbocycles. The third-order valence-electron chi connectivity index (χ3n) is 3.08. The quantitative estimate of drug-likeness (QED) is 0.918. The van der Waals surface area contributed by atoms with Crippen LogP contribution in [0.4, 0.5) is 0 Å². The molecule has 0 saturated heterocycles. The van der Waals surface area contributed by atoms with Crippen LogP contribution in [0, 0.1) is 0 Å². The van der Waals surface area contributed by atoms with Crippen LogP contribution in [0.25, 0.3) is 0 Å². The molecule has 1 heterocycles. The highest BCUT2D eigenvalue weighted by molar-refractivity contribution is 7.09. The Labute approximate surface area is 119 Å². The Balaban J connectivity index is 2.06. The average molecular weight is 274 g/mol. The largest absolute Gasteiger partial charge is 0.316 e. The van der Waals surface area contributed by atoms with Crippen LogP contribution in [-0.2, 0) is 18.4 Å². The maximum atomic E-state index is 4.74. The van der Waals surface area contributed by atoms with E-state index in [0.717, 1.165) is 13.0 Å². The molecule has 0 unspecified atom stereocenters. The number of hydrogen-bond acceptors (Lipinski definition) is 3. The summed E-state index contributed by atoms with van der Waals surface area (Å²) in [6.07, 6.45) is 0.931. The van der Waals surface area contributed by atoms with Gasteiger partial charge in [0.25, 0.3) is 0 Å². The molecule has 2 aromatic rings. The molecule has 0 aliphatic heterocycles. The van der Waals surface area contributed by atoms with Crippen LogP contribution in [0.1, 0.15) is 42.6 Å². The highest BCUT2D eigenvalue weighted by atomic mass is 32.1. The molecule has 2 nitrogen and oxygen atoms in total. The smallest absolute Gasteiger partial charge is 0.0972 e. The fraction of sp³-hybridized carbons (Fsp3) is 0.438. The number of nitrogens with one attached hydrogen (secondary N) is 1. The number of aromatic nitrogens is 1. The van der Waals surface area contributed by atoms with Crippen molar-refractivity contribution >= 4 is 11.3 Å². The standard InChI is InChI=1S/C16H22N2S/c1-16(2,3)14-11-19-15(18-14)9-12-5-7-13(8-6-12)10-17-4/h5-8,11,17H,9-10H2,1-4H3. The Bertz CT molecular complexity index is 520. The van der Waals surface area contributed by atoms with Gasteiger partial charge in [0, 0.05) is 23.8 Å². The summed E-state index contributed by atoms with van der Waals surface area (Å²) >= 11 is 1.76. The SMILES string of the molecule is CNCc1ccc(Cc2nc(C(C)(C)C)cs2)cc1. The monoisotopic (exact) mass is 274 g/mol. The predicted octanol–water partition coefficient (Wildman–Crippen LogP) is 3.75. The van der Waals surface area contributed by atoms with Crippen molar-refractivity contribution in [2.75, 3.05) is 7.05 Å². The van der Waals surface area contributed by atoms with Gasteiger partial charge in [0.2, 0.25) is 0 Å². The molecule has 0 amide bonds. The number of hydrogen-bond donors (Lipinski definition) is 1. The van der Waals surface area contributed by atoms with Crippen molar-refractivity contribution in [3.63, 3.8) is 0 Å². The lowest BCUT2D eigenvalue weighted by Crippen LogP contribution is -2.11. The van der Waals surface area contributed by atoms with Gasteiger partial charge in [0.05, 0.1) is 10.7 Å². The van der Waals surface area contributed by atoms with Gasteiger partial charge in [-0.15, -0.1) is 11.3 Å². The maximum Gasteiger partial charge on any atom is 0.0972 e. The Kier molecular flexibility index (Phi) is 4.38. The Morgan fingerprint density at radius 3 is 2.26 bits per heavy atom. The zero-order valence-corrected chi connectivity index (χ0v) is 13.0. The number of nitrogens with zero attached hydrogens (tertiary/aromatic N) is 1. The first kappa shape index (κ1) is 14.2. The molecule has 1 N–H and O–H groups in total. The Hall–Kier alpha value is -1.19. The molecule has 1 aromatic carbocycles. The first-order chi connectivity index (χ1) is 8.99. The predicted molar refractivity (Wildman–Crippen MR) is 82.8 cm³/mol. The van der Waals surface area contributed by atoms with Gasteiger partial charge in [0.1, 0.15) is 0 Å². The summed E-state index contributed by atoms with van der Waals surface area (Å²) in [5, 5.41) is 6.55. The average Bonchev–Trinajstić information content (AvgIpc) is 2.80. The molecule has 1 aromatic heterocycles. The minimum atomic E-state index is 0.144. The van der Waals surface area contributed by atoms with E-state index in [1.807, 2.05) is 7.05 Å². The second-order valence-electron chi connectivity index (χ2n) is 5.90. The minimum absolute atomic E-state index is 0.144. The zero-order valence-electron chi connectivity index (χ0n) is 12.2. The van der Waals surface area contributed by atoms with Gasteiger partial charge in [-0.2, -0.15) is 0 Å². The van der Waals surface area contributed by atoms with Gasteiger partial charge >= 0.3 is 0 Å². The molecule has 19 heavy (non-hydrogen) atoms. The van der Waals surface area contributed by atoms with Crippen molar-refractivity contribution in [1.29, 1.82) is 0 Å². The molecule has 0 radical (unpaired) electrons. The summed E-state index contributed by atoms with van der Waals surface area (Å²) in [4.78, 5) is 4.74. The first-order valence-corrected chi connectivity index (χ1v) is 7.54. The van der Waals surface area contributed by atoms with Crippen LogP contribution in [0.2, 0.25) is 0 Å². The van der Waals surface area contributed by atoms with Gasteiger partial charge in [-0.1, -0.05) is 45.0 Å². The van der Waals surface area contributed by atoms with E-state index in [2.05, 4.69) is 55.7 Å². The van der Waals surface area contributed by atoms with Gasteiger partial charge in [-0.3, -0.25) is 0 Å². The van der Waals surface area contributed by atoms with Gasteiger partial charge in [-0.05, 0) is 18.2 Å². The fourth-order valence-electron chi connectivity index (χ4n) is 1.89. The molecule has 0 spiro atoms. The molecule has 0 fully saturated rings. The van der Waals surface area contributed by atoms with Crippen LogP contribution in [-0.4, -0.2) is 12.0 Å². The summed E-state index contributed by atoms with van der Waals surface area (Å²) in [5.74, 6) is 0.